The lowest BCUT2D eigenvalue weighted by atomic mass is 10.2. The van der Waals surface area contributed by atoms with E-state index in [1.807, 2.05) is 0 Å². The maximum absolute atomic E-state index is 13.3. The van der Waals surface area contributed by atoms with E-state index >= 15 is 0 Å². The lowest BCUT2D eigenvalue weighted by molar-refractivity contribution is 0.0523. The van der Waals surface area contributed by atoms with Crippen molar-refractivity contribution in [2.75, 3.05) is 6.61 Å². The highest BCUT2D eigenvalue weighted by molar-refractivity contribution is 5.97. The van der Waals surface area contributed by atoms with E-state index in [-0.39, 0.29) is 28.6 Å². The number of aryl methyl sites for hydroxylation is 1. The van der Waals surface area contributed by atoms with Crippen LogP contribution in [0.2, 0.25) is 0 Å². The van der Waals surface area contributed by atoms with Crippen LogP contribution < -0.4 is 11.0 Å². The number of ether oxygens (including phenoxy) is 1. The van der Waals surface area contributed by atoms with Crippen LogP contribution in [0.4, 0.5) is 0 Å². The van der Waals surface area contributed by atoms with E-state index in [1.165, 1.54) is 22.9 Å². The maximum Gasteiger partial charge on any atom is 0.341 e. The van der Waals surface area contributed by atoms with Crippen molar-refractivity contribution >= 4 is 28.6 Å². The SMILES string of the molecule is CCCCCn1c(=NC(=O)c2ccncc2)c(C(=O)OCC)cc2c(=O)n3ccccc3nc21. The van der Waals surface area contributed by atoms with Gasteiger partial charge in [-0.1, -0.05) is 25.8 Å². The van der Waals surface area contributed by atoms with Crippen molar-refractivity contribution in [2.45, 2.75) is 39.7 Å². The van der Waals surface area contributed by atoms with Gasteiger partial charge >= 0.3 is 5.97 Å². The van der Waals surface area contributed by atoms with Crippen LogP contribution in [0.5, 0.6) is 0 Å². The third kappa shape index (κ3) is 4.50. The number of pyridine rings is 3. The topological polar surface area (TPSA) is 108 Å². The average Bonchev–Trinajstić information content (AvgIpc) is 2.86. The first kappa shape index (κ1) is 23.0. The average molecular weight is 460 g/mol. The van der Waals surface area contributed by atoms with E-state index in [4.69, 9.17) is 9.72 Å². The van der Waals surface area contributed by atoms with Crippen molar-refractivity contribution in [1.29, 1.82) is 0 Å². The number of carbonyl (C=O) groups excluding carboxylic acids is 2. The molecule has 0 aliphatic heterocycles. The summed E-state index contributed by atoms with van der Waals surface area (Å²) < 4.78 is 8.36. The van der Waals surface area contributed by atoms with E-state index in [1.54, 1.807) is 48.0 Å². The molecule has 0 aliphatic rings. The van der Waals surface area contributed by atoms with Gasteiger partial charge in [0.25, 0.3) is 11.5 Å². The normalized spacial score (nSPS) is 11.8. The Morgan fingerprint density at radius 1 is 1.09 bits per heavy atom. The van der Waals surface area contributed by atoms with Crippen LogP contribution >= 0.6 is 0 Å². The first-order valence-electron chi connectivity index (χ1n) is 11.3. The minimum absolute atomic E-state index is 0.0445. The molecule has 4 heterocycles. The highest BCUT2D eigenvalue weighted by Crippen LogP contribution is 2.13. The Morgan fingerprint density at radius 2 is 1.88 bits per heavy atom. The summed E-state index contributed by atoms with van der Waals surface area (Å²) in [5, 5.41) is 0.249. The molecule has 0 saturated heterocycles. The van der Waals surface area contributed by atoms with E-state index < -0.39 is 11.9 Å². The molecule has 4 aromatic rings. The number of amides is 1. The Morgan fingerprint density at radius 3 is 2.62 bits per heavy atom. The number of esters is 1. The molecule has 0 unspecified atom stereocenters. The molecule has 0 bridgehead atoms. The summed E-state index contributed by atoms with van der Waals surface area (Å²) >= 11 is 0. The molecular weight excluding hydrogens is 434 g/mol. The molecule has 0 fully saturated rings. The van der Waals surface area contributed by atoms with Gasteiger partial charge in [-0.25, -0.2) is 9.78 Å². The predicted molar refractivity (Wildman–Crippen MR) is 127 cm³/mol. The third-order valence-corrected chi connectivity index (χ3v) is 5.41. The molecule has 4 rings (SSSR count). The summed E-state index contributed by atoms with van der Waals surface area (Å²) in [6, 6.07) is 9.79. The summed E-state index contributed by atoms with van der Waals surface area (Å²) in [4.78, 5) is 52.2. The number of nitrogens with zero attached hydrogens (tertiary/aromatic N) is 5. The van der Waals surface area contributed by atoms with Gasteiger partial charge in [-0.2, -0.15) is 4.99 Å². The largest absolute Gasteiger partial charge is 0.462 e. The lowest BCUT2D eigenvalue weighted by Gasteiger charge is -2.15. The molecule has 0 radical (unpaired) electrons. The Bertz CT molecular complexity index is 1490. The molecule has 0 N–H and O–H groups in total. The summed E-state index contributed by atoms with van der Waals surface area (Å²) in [6.07, 6.45) is 7.27. The minimum Gasteiger partial charge on any atom is -0.462 e. The zero-order valence-electron chi connectivity index (χ0n) is 19.1. The minimum atomic E-state index is -0.660. The highest BCUT2D eigenvalue weighted by Gasteiger charge is 2.20. The van der Waals surface area contributed by atoms with Crippen LogP contribution in [-0.2, 0) is 11.3 Å². The van der Waals surface area contributed by atoms with Crippen LogP contribution in [-0.4, -0.2) is 37.4 Å². The zero-order valence-corrected chi connectivity index (χ0v) is 19.1. The number of hydrogen-bond acceptors (Lipinski definition) is 6. The molecule has 4 aromatic heterocycles. The van der Waals surface area contributed by atoms with E-state index in [9.17, 15) is 14.4 Å². The second-order valence-electron chi connectivity index (χ2n) is 7.70. The molecule has 9 nitrogen and oxygen atoms in total. The first-order chi connectivity index (χ1) is 16.5. The highest BCUT2D eigenvalue weighted by atomic mass is 16.5. The Labute approximate surface area is 195 Å². The lowest BCUT2D eigenvalue weighted by Crippen LogP contribution is -2.33. The fourth-order valence-corrected chi connectivity index (χ4v) is 3.74. The van der Waals surface area contributed by atoms with Gasteiger partial charge in [0.2, 0.25) is 0 Å². The summed E-state index contributed by atoms with van der Waals surface area (Å²) in [5.41, 5.74) is 0.999. The van der Waals surface area contributed by atoms with E-state index in [2.05, 4.69) is 16.9 Å². The van der Waals surface area contributed by atoms with E-state index in [0.29, 0.717) is 23.4 Å². The fourth-order valence-electron chi connectivity index (χ4n) is 3.74. The Kier molecular flexibility index (Phi) is 6.91. The number of carbonyl (C=O) groups is 2. The smallest absolute Gasteiger partial charge is 0.341 e. The quantitative estimate of drug-likeness (QED) is 0.239. The number of rotatable bonds is 7. The maximum atomic E-state index is 13.3. The van der Waals surface area contributed by atoms with Gasteiger partial charge in [-0.15, -0.1) is 0 Å². The monoisotopic (exact) mass is 459 g/mol. The van der Waals surface area contributed by atoms with Gasteiger partial charge in [0.05, 0.1) is 12.0 Å². The van der Waals surface area contributed by atoms with Gasteiger partial charge in [0.1, 0.15) is 16.9 Å². The van der Waals surface area contributed by atoms with E-state index in [0.717, 1.165) is 19.3 Å². The van der Waals surface area contributed by atoms with Gasteiger partial charge < -0.3 is 9.30 Å². The number of aromatic nitrogens is 4. The van der Waals surface area contributed by atoms with Crippen molar-refractivity contribution < 1.29 is 14.3 Å². The second-order valence-corrected chi connectivity index (χ2v) is 7.70. The molecule has 0 aromatic carbocycles. The molecule has 0 spiro atoms. The summed E-state index contributed by atoms with van der Waals surface area (Å²) in [6.45, 7) is 4.33. The Balaban J connectivity index is 2.09. The molecule has 174 valence electrons. The molecular formula is C25H25N5O4. The number of fused-ring (bicyclic) bond motifs is 2. The van der Waals surface area contributed by atoms with Crippen LogP contribution in [0.3, 0.4) is 0 Å². The van der Waals surface area contributed by atoms with Crippen LogP contribution in [0, 0.1) is 0 Å². The van der Waals surface area contributed by atoms with Crippen LogP contribution in [0.15, 0.2) is 64.8 Å². The van der Waals surface area contributed by atoms with Gasteiger partial charge in [-0.3, -0.25) is 19.0 Å². The number of hydrogen-bond donors (Lipinski definition) is 0. The molecule has 0 atom stereocenters. The third-order valence-electron chi connectivity index (χ3n) is 5.41. The molecule has 9 heteroatoms. The molecule has 0 aliphatic carbocycles. The van der Waals surface area contributed by atoms with Gasteiger partial charge in [-0.05, 0) is 43.7 Å². The van der Waals surface area contributed by atoms with Gasteiger partial charge in [0.15, 0.2) is 5.49 Å². The van der Waals surface area contributed by atoms with Crippen LogP contribution in [0.1, 0.15) is 53.8 Å². The Hall–Kier alpha value is -4.14. The zero-order chi connectivity index (χ0) is 24.1. The summed E-state index contributed by atoms with van der Waals surface area (Å²) in [7, 11) is 0. The fraction of sp³-hybridized carbons (Fsp3) is 0.280. The molecule has 34 heavy (non-hydrogen) atoms. The van der Waals surface area contributed by atoms with Crippen LogP contribution in [0.25, 0.3) is 16.7 Å². The molecule has 1 amide bonds. The van der Waals surface area contributed by atoms with Crippen molar-refractivity contribution in [3.05, 3.63) is 82.0 Å². The predicted octanol–water partition coefficient (Wildman–Crippen LogP) is 3.15. The second kappa shape index (κ2) is 10.2. The van der Waals surface area contributed by atoms with Crippen molar-refractivity contribution in [3.63, 3.8) is 0 Å². The molecule has 0 saturated carbocycles. The van der Waals surface area contributed by atoms with Gasteiger partial charge in [0, 0.05) is 30.7 Å². The van der Waals surface area contributed by atoms with Crippen molar-refractivity contribution in [2.24, 2.45) is 4.99 Å². The first-order valence-corrected chi connectivity index (χ1v) is 11.3. The summed E-state index contributed by atoms with van der Waals surface area (Å²) in [5.74, 6) is -1.19. The number of unbranched alkanes of at least 4 members (excludes halogenated alkanes) is 2. The van der Waals surface area contributed by atoms with Crippen molar-refractivity contribution in [3.8, 4) is 0 Å². The standard InChI is InChI=1S/C25H25N5O4/c1-3-5-7-15-30-21-18(24(32)29-14-8-6-9-20(29)27-21)16-19(25(33)34-4-2)22(30)28-23(31)17-10-12-26-13-11-17/h6,8-14,16H,3-5,7,15H2,1-2H3. The van der Waals surface area contributed by atoms with Crippen molar-refractivity contribution in [1.82, 2.24) is 18.9 Å².